The Bertz CT molecular complexity index is 6320. The van der Waals surface area contributed by atoms with Crippen molar-refractivity contribution < 1.29 is 10.0 Å². The van der Waals surface area contributed by atoms with Gasteiger partial charge in [-0.15, -0.1) is 0 Å². The molecule has 560 valence electrons. The maximum atomic E-state index is 9.25. The summed E-state index contributed by atoms with van der Waals surface area (Å²) in [5.74, 6) is 7.29. The largest absolute Gasteiger partial charge is 0.488 e. The Morgan fingerprint density at radius 3 is 0.784 bits per heavy atom. The van der Waals surface area contributed by atoms with E-state index >= 15 is 0 Å². The molecule has 0 amide bonds. The van der Waals surface area contributed by atoms with Crippen molar-refractivity contribution in [3.63, 3.8) is 0 Å². The molecule has 2 aromatic heterocycles. The molecule has 4 atom stereocenters. The summed E-state index contributed by atoms with van der Waals surface area (Å²) in [5.41, 5.74) is 16.9. The van der Waals surface area contributed by atoms with E-state index in [1.807, 2.05) is 18.2 Å². The Hall–Kier alpha value is -12.4. The summed E-state index contributed by atoms with van der Waals surface area (Å²) in [4.78, 5) is 30.7. The number of benzene rings is 14. The van der Waals surface area contributed by atoms with Crippen LogP contribution in [0.4, 0.5) is 0 Å². The molecule has 8 saturated carbocycles. The fourth-order valence-electron chi connectivity index (χ4n) is 21.9. The Morgan fingerprint density at radius 2 is 0.509 bits per heavy atom. The normalized spacial score (nSPS) is 21.8. The smallest absolute Gasteiger partial charge is 0.423 e. The van der Waals surface area contributed by atoms with Gasteiger partial charge in [-0.2, -0.15) is 10.5 Å². The van der Waals surface area contributed by atoms with Crippen LogP contribution in [0.1, 0.15) is 110 Å². The third-order valence-electron chi connectivity index (χ3n) is 26.6. The van der Waals surface area contributed by atoms with Crippen LogP contribution >= 0.6 is 15.9 Å². The molecule has 0 saturated heterocycles. The van der Waals surface area contributed by atoms with E-state index in [1.54, 1.807) is 5.56 Å². The average Bonchev–Trinajstić information content (AvgIpc) is 0.708. The molecule has 116 heavy (non-hydrogen) atoms. The molecule has 0 spiro atoms. The molecule has 12 heteroatoms. The van der Waals surface area contributed by atoms with Gasteiger partial charge >= 0.3 is 7.12 Å². The number of hydrogen-bond acceptors (Lipinski definition) is 10. The van der Waals surface area contributed by atoms with Crippen molar-refractivity contribution in [1.82, 2.24) is 29.9 Å². The second-order valence-corrected chi connectivity index (χ2v) is 34.9. The molecular weight excluding hydrogens is 1480 g/mol. The SMILES string of the molecule is Brc1ccc(C23CC4CC(C2)CC(c2ccc(-c5nc(-c6ccc7ccccc7c6)nc(-c6ccc7ccccc7c6)n5)cc2)(C4)C3)cc1.N#Cc1ccc(-c2ccc(C34CC5CC(C3)CC(c3ccc(-c6nc(-c7ccc8ccccc8c7)nc(-c7ccc8ccccc8c7)n6)cc3)(C5)C4)cc2)cc1.N#Cc1ccc(B(O)O)cc1. The lowest BCUT2D eigenvalue weighted by Gasteiger charge is -2.63. The van der Waals surface area contributed by atoms with Crippen LogP contribution in [-0.4, -0.2) is 47.1 Å². The van der Waals surface area contributed by atoms with Crippen LogP contribution < -0.4 is 5.46 Å². The molecular formula is C104H82BBrN8O2. The summed E-state index contributed by atoms with van der Waals surface area (Å²) in [5, 5.41) is 44.5. The van der Waals surface area contributed by atoms with Crippen molar-refractivity contribution in [2.75, 3.05) is 0 Å². The number of hydrogen-bond donors (Lipinski definition) is 2. The first-order valence-corrected chi connectivity index (χ1v) is 41.5. The number of rotatable bonds is 12. The van der Waals surface area contributed by atoms with Gasteiger partial charge in [-0.3, -0.25) is 0 Å². The van der Waals surface area contributed by atoms with Gasteiger partial charge in [-0.05, 0) is 265 Å². The van der Waals surface area contributed by atoms with Crippen molar-refractivity contribution in [3.8, 4) is 91.6 Å². The molecule has 24 rings (SSSR count). The maximum Gasteiger partial charge on any atom is 0.488 e. The van der Waals surface area contributed by atoms with Crippen molar-refractivity contribution >= 4 is 71.6 Å². The zero-order chi connectivity index (χ0) is 78.1. The average molecular weight is 1570 g/mol. The highest BCUT2D eigenvalue weighted by molar-refractivity contribution is 9.10. The molecule has 4 unspecified atom stereocenters. The van der Waals surface area contributed by atoms with E-state index < -0.39 is 7.12 Å². The first-order chi connectivity index (χ1) is 56.8. The fraction of sp³-hybridized carbons (Fsp3) is 0.192. The minimum Gasteiger partial charge on any atom is -0.423 e. The number of halogens is 1. The first kappa shape index (κ1) is 72.5. The number of nitriles is 2. The van der Waals surface area contributed by atoms with E-state index in [2.05, 4.69) is 301 Å². The molecule has 2 N–H and O–H groups in total. The van der Waals surface area contributed by atoms with Gasteiger partial charge in [0.15, 0.2) is 34.9 Å². The van der Waals surface area contributed by atoms with Crippen molar-refractivity contribution in [1.29, 1.82) is 10.5 Å². The quantitative estimate of drug-likeness (QED) is 0.112. The monoisotopic (exact) mass is 1560 g/mol. The third kappa shape index (κ3) is 13.9. The van der Waals surface area contributed by atoms with Gasteiger partial charge in [-0.25, -0.2) is 29.9 Å². The fourth-order valence-corrected chi connectivity index (χ4v) is 22.2. The maximum absolute atomic E-state index is 9.25. The van der Waals surface area contributed by atoms with Crippen LogP contribution in [0.2, 0.25) is 0 Å². The highest BCUT2D eigenvalue weighted by Gasteiger charge is 2.60. The topological polar surface area (TPSA) is 165 Å². The van der Waals surface area contributed by atoms with Crippen molar-refractivity contribution in [2.45, 2.75) is 98.7 Å². The van der Waals surface area contributed by atoms with Crippen LogP contribution in [-0.2, 0) is 21.7 Å². The predicted octanol–water partition coefficient (Wildman–Crippen LogP) is 23.5. The van der Waals surface area contributed by atoms with Gasteiger partial charge in [-0.1, -0.05) is 271 Å². The Balaban J connectivity index is 0.000000133. The zero-order valence-electron chi connectivity index (χ0n) is 64.2. The number of nitrogens with zero attached hydrogens (tertiary/aromatic N) is 8. The first-order valence-electron chi connectivity index (χ1n) is 40.7. The van der Waals surface area contributed by atoms with E-state index in [1.165, 1.54) is 167 Å². The summed E-state index contributed by atoms with van der Waals surface area (Å²) < 4.78 is 1.16. The highest BCUT2D eigenvalue weighted by atomic mass is 79.9. The lowest BCUT2D eigenvalue weighted by molar-refractivity contribution is -0.0282. The van der Waals surface area contributed by atoms with Gasteiger partial charge in [0.05, 0.1) is 23.3 Å². The molecule has 8 aliphatic carbocycles. The number of aromatic nitrogens is 6. The minimum absolute atomic E-state index is 0.181. The Morgan fingerprint density at radius 1 is 0.276 bits per heavy atom. The number of fused-ring (bicyclic) bond motifs is 4. The summed E-state index contributed by atoms with van der Waals surface area (Å²) >= 11 is 3.67. The van der Waals surface area contributed by atoms with E-state index in [0.29, 0.717) is 57.0 Å². The molecule has 8 aliphatic rings. The molecule has 8 fully saturated rings. The second-order valence-electron chi connectivity index (χ2n) is 33.9. The molecule has 10 nitrogen and oxygen atoms in total. The molecule has 8 bridgehead atoms. The van der Waals surface area contributed by atoms with E-state index in [9.17, 15) is 5.26 Å². The summed E-state index contributed by atoms with van der Waals surface area (Å²) in [6.45, 7) is 0. The van der Waals surface area contributed by atoms with E-state index in [4.69, 9.17) is 45.2 Å². The standard InChI is InChI=1S/C52H40N4.C45H36BrN3.C7H6BNO2/c53-32-34-9-11-39(12-10-34)40-17-21-46(22-18-40)51-28-35-25-36(29-51)31-52(30-35,33-51)47-23-19-41(20-24-47)48-54-49(44-15-13-37-5-1-3-7-42(37)26-44)56-50(55-48)45-16-14-38-6-2-4-8-43(38)27-45;46-40-19-17-39(18-20-40)45-26-29-21-30(27-45)25-44(24-29,28-45)38-15-13-33(14-16-38)41-47-42(36-11-9-31-5-1-3-7-34(31)22-36)49-43(48-41)37-12-10-32-6-2-4-8-35(32)23-37;9-5-6-1-3-7(4-2-6)8(10)11/h1-24,26-27,35-36H,25,28-31,33H2;1-20,22-23,29-30H,21,24-28H2;1-4,10-11H. The van der Waals surface area contributed by atoms with Crippen molar-refractivity contribution in [3.05, 3.63) is 353 Å². The second kappa shape index (κ2) is 29.8. The van der Waals surface area contributed by atoms with Crippen LogP contribution in [0.15, 0.2) is 320 Å². The van der Waals surface area contributed by atoms with E-state index in [-0.39, 0.29) is 16.2 Å². The molecule has 0 aliphatic heterocycles. The van der Waals surface area contributed by atoms with Gasteiger partial charge in [0, 0.05) is 37.9 Å². The summed E-state index contributed by atoms with van der Waals surface area (Å²) in [6.07, 6.45) is 15.6. The minimum atomic E-state index is -1.46. The molecule has 16 aromatic rings. The molecule has 2 heterocycles. The third-order valence-corrected chi connectivity index (χ3v) is 27.1. The Kier molecular flexibility index (Phi) is 18.6. The van der Waals surface area contributed by atoms with Gasteiger partial charge in [0.2, 0.25) is 0 Å². The van der Waals surface area contributed by atoms with Crippen LogP contribution in [0.25, 0.3) is 123 Å². The molecule has 14 aromatic carbocycles. The van der Waals surface area contributed by atoms with Crippen LogP contribution in [0.3, 0.4) is 0 Å². The zero-order valence-corrected chi connectivity index (χ0v) is 65.8. The van der Waals surface area contributed by atoms with E-state index in [0.717, 1.165) is 67.1 Å². The predicted molar refractivity (Wildman–Crippen MR) is 470 cm³/mol. The van der Waals surface area contributed by atoms with Crippen LogP contribution in [0, 0.1) is 46.3 Å². The summed E-state index contributed by atoms with van der Waals surface area (Å²) in [7, 11) is -1.46. The van der Waals surface area contributed by atoms with Crippen molar-refractivity contribution in [2.24, 2.45) is 23.7 Å². The lowest BCUT2D eigenvalue weighted by Crippen LogP contribution is -2.55. The highest BCUT2D eigenvalue weighted by Crippen LogP contribution is 2.68. The van der Waals surface area contributed by atoms with Gasteiger partial charge in [0.1, 0.15) is 0 Å². The van der Waals surface area contributed by atoms with Gasteiger partial charge < -0.3 is 10.0 Å². The Labute approximate surface area is 684 Å². The van der Waals surface area contributed by atoms with Gasteiger partial charge in [0.25, 0.3) is 0 Å². The summed E-state index contributed by atoms with van der Waals surface area (Å²) in [6, 6.07) is 115. The molecule has 0 radical (unpaired) electrons. The van der Waals surface area contributed by atoms with Crippen LogP contribution in [0.5, 0.6) is 0 Å². The lowest BCUT2D eigenvalue weighted by atomic mass is 9.41.